The number of hydrazine groups is 1. The van der Waals surface area contributed by atoms with Gasteiger partial charge < -0.3 is 10.3 Å². The van der Waals surface area contributed by atoms with Crippen molar-refractivity contribution in [3.63, 3.8) is 0 Å². The largest absolute Gasteiger partial charge is 0.308 e. The van der Waals surface area contributed by atoms with E-state index in [1.165, 1.54) is 18.3 Å². The SMILES string of the molecule is CN(C)C1(CNS(=O)(=O)c2ccc(NN)nc2)CCCC1. The highest BCUT2D eigenvalue weighted by Crippen LogP contribution is 2.33. The van der Waals surface area contributed by atoms with E-state index >= 15 is 0 Å². The molecule has 4 N–H and O–H groups in total. The summed E-state index contributed by atoms with van der Waals surface area (Å²) in [5.41, 5.74) is 2.29. The minimum Gasteiger partial charge on any atom is -0.308 e. The Balaban J connectivity index is 2.10. The summed E-state index contributed by atoms with van der Waals surface area (Å²) < 4.78 is 27.4. The highest BCUT2D eigenvalue weighted by Gasteiger charge is 2.36. The summed E-state index contributed by atoms with van der Waals surface area (Å²) in [4.78, 5) is 6.20. The molecule has 0 saturated heterocycles. The van der Waals surface area contributed by atoms with Crippen molar-refractivity contribution in [2.75, 3.05) is 26.1 Å². The molecule has 1 saturated carbocycles. The van der Waals surface area contributed by atoms with E-state index in [0.717, 1.165) is 25.7 Å². The molecule has 1 heterocycles. The Hall–Kier alpha value is -1.22. The van der Waals surface area contributed by atoms with E-state index in [1.54, 1.807) is 0 Å². The van der Waals surface area contributed by atoms with Crippen LogP contribution in [0.3, 0.4) is 0 Å². The number of anilines is 1. The second-order valence-corrected chi connectivity index (χ2v) is 7.44. The first-order valence-corrected chi connectivity index (χ1v) is 8.48. The number of nitrogens with two attached hydrogens (primary N) is 1. The number of rotatable bonds is 6. The molecule has 1 aliphatic rings. The maximum absolute atomic E-state index is 12.3. The van der Waals surface area contributed by atoms with Gasteiger partial charge in [0.2, 0.25) is 10.0 Å². The first-order valence-electron chi connectivity index (χ1n) is 6.99. The number of hydrogen-bond acceptors (Lipinski definition) is 6. The molecule has 1 aliphatic carbocycles. The van der Waals surface area contributed by atoms with E-state index in [0.29, 0.717) is 12.4 Å². The Morgan fingerprint density at radius 3 is 2.48 bits per heavy atom. The fraction of sp³-hybridized carbons (Fsp3) is 0.615. The Morgan fingerprint density at radius 2 is 2.00 bits per heavy atom. The normalized spacial score (nSPS) is 18.1. The molecule has 0 amide bonds. The summed E-state index contributed by atoms with van der Waals surface area (Å²) in [6, 6.07) is 3.02. The molecule has 2 rings (SSSR count). The molecule has 1 fully saturated rings. The van der Waals surface area contributed by atoms with Crippen LogP contribution in [0.1, 0.15) is 25.7 Å². The third kappa shape index (κ3) is 3.52. The molecule has 118 valence electrons. The van der Waals surface area contributed by atoms with Gasteiger partial charge in [-0.3, -0.25) is 0 Å². The van der Waals surface area contributed by atoms with Crippen LogP contribution < -0.4 is 16.0 Å². The molecule has 0 aromatic carbocycles. The third-order valence-corrected chi connectivity index (χ3v) is 5.66. The lowest BCUT2D eigenvalue weighted by Crippen LogP contribution is -2.50. The maximum atomic E-state index is 12.3. The van der Waals surface area contributed by atoms with Crippen LogP contribution in [0.15, 0.2) is 23.2 Å². The number of likely N-dealkylation sites (N-methyl/N-ethyl adjacent to an activating group) is 1. The van der Waals surface area contributed by atoms with Gasteiger partial charge in [-0.2, -0.15) is 0 Å². The highest BCUT2D eigenvalue weighted by molar-refractivity contribution is 7.89. The topological polar surface area (TPSA) is 100 Å². The smallest absolute Gasteiger partial charge is 0.242 e. The van der Waals surface area contributed by atoms with Crippen LogP contribution in [0.5, 0.6) is 0 Å². The molecule has 0 bridgehead atoms. The van der Waals surface area contributed by atoms with Crippen LogP contribution in [0, 0.1) is 0 Å². The fourth-order valence-electron chi connectivity index (χ4n) is 2.75. The van der Waals surface area contributed by atoms with Gasteiger partial charge in [0, 0.05) is 18.3 Å². The number of nitrogens with one attached hydrogen (secondary N) is 2. The summed E-state index contributed by atoms with van der Waals surface area (Å²) in [5, 5.41) is 0. The van der Waals surface area contributed by atoms with Crippen molar-refractivity contribution in [1.29, 1.82) is 0 Å². The Labute approximate surface area is 125 Å². The lowest BCUT2D eigenvalue weighted by molar-refractivity contribution is 0.162. The molecular formula is C13H23N5O2S. The van der Waals surface area contributed by atoms with Crippen LogP contribution in [0.2, 0.25) is 0 Å². The lowest BCUT2D eigenvalue weighted by Gasteiger charge is -2.36. The van der Waals surface area contributed by atoms with Gasteiger partial charge in [-0.1, -0.05) is 12.8 Å². The number of nitrogen functional groups attached to an aromatic ring is 1. The van der Waals surface area contributed by atoms with Gasteiger partial charge in [-0.05, 0) is 39.1 Å². The molecule has 0 aliphatic heterocycles. The van der Waals surface area contributed by atoms with Crippen LogP contribution in [-0.4, -0.2) is 44.5 Å². The molecule has 7 nitrogen and oxygen atoms in total. The van der Waals surface area contributed by atoms with Gasteiger partial charge in [0.25, 0.3) is 0 Å². The lowest BCUT2D eigenvalue weighted by atomic mass is 9.97. The highest BCUT2D eigenvalue weighted by atomic mass is 32.2. The van der Waals surface area contributed by atoms with Gasteiger partial charge in [0.1, 0.15) is 10.7 Å². The number of sulfonamides is 1. The number of hydrogen-bond donors (Lipinski definition) is 3. The minimum absolute atomic E-state index is 0.0841. The summed E-state index contributed by atoms with van der Waals surface area (Å²) in [6.07, 6.45) is 5.60. The molecule has 1 aromatic rings. The molecule has 0 unspecified atom stereocenters. The molecule has 0 spiro atoms. The predicted octanol–water partition coefficient (Wildman–Crippen LogP) is 0.520. The molecular weight excluding hydrogens is 290 g/mol. The molecule has 8 heteroatoms. The molecule has 21 heavy (non-hydrogen) atoms. The predicted molar refractivity (Wildman–Crippen MR) is 82.1 cm³/mol. The van der Waals surface area contributed by atoms with Gasteiger partial charge in [-0.25, -0.2) is 24.0 Å². The van der Waals surface area contributed by atoms with E-state index < -0.39 is 10.0 Å². The quantitative estimate of drug-likeness (QED) is 0.523. The van der Waals surface area contributed by atoms with Gasteiger partial charge in [0.15, 0.2) is 0 Å². The standard InChI is InChI=1S/C13H23N5O2S/c1-18(2)13(7-3-4-8-13)10-16-21(19,20)11-5-6-12(17-14)15-9-11/h5-6,9,16H,3-4,7-8,10,14H2,1-2H3,(H,15,17). The van der Waals surface area contributed by atoms with Crippen molar-refractivity contribution < 1.29 is 8.42 Å². The van der Waals surface area contributed by atoms with Gasteiger partial charge >= 0.3 is 0 Å². The van der Waals surface area contributed by atoms with Gasteiger partial charge in [0.05, 0.1) is 0 Å². The first-order chi connectivity index (χ1) is 9.89. The average molecular weight is 313 g/mol. The number of nitrogens with zero attached hydrogens (tertiary/aromatic N) is 2. The van der Waals surface area contributed by atoms with Crippen LogP contribution >= 0.6 is 0 Å². The Kier molecular flexibility index (Phi) is 4.82. The second kappa shape index (κ2) is 6.27. The van der Waals surface area contributed by atoms with Crippen molar-refractivity contribution in [1.82, 2.24) is 14.6 Å². The summed E-state index contributed by atoms with van der Waals surface area (Å²) in [5.74, 6) is 5.64. The number of pyridine rings is 1. The molecule has 0 radical (unpaired) electrons. The Morgan fingerprint density at radius 1 is 1.33 bits per heavy atom. The molecule has 0 atom stereocenters. The second-order valence-electron chi connectivity index (χ2n) is 5.67. The van der Waals surface area contributed by atoms with E-state index in [-0.39, 0.29) is 10.4 Å². The summed E-state index contributed by atoms with van der Waals surface area (Å²) in [6.45, 7) is 0.416. The van der Waals surface area contributed by atoms with Crippen molar-refractivity contribution in [2.24, 2.45) is 5.84 Å². The van der Waals surface area contributed by atoms with Crippen molar-refractivity contribution in [3.05, 3.63) is 18.3 Å². The van der Waals surface area contributed by atoms with Crippen LogP contribution in [-0.2, 0) is 10.0 Å². The van der Waals surface area contributed by atoms with Crippen LogP contribution in [0.25, 0.3) is 0 Å². The first kappa shape index (κ1) is 16.2. The third-order valence-electron chi connectivity index (χ3n) is 4.27. The Bertz CT molecular complexity index is 565. The van der Waals surface area contributed by atoms with Crippen molar-refractivity contribution in [2.45, 2.75) is 36.1 Å². The maximum Gasteiger partial charge on any atom is 0.242 e. The van der Waals surface area contributed by atoms with E-state index in [4.69, 9.17) is 5.84 Å². The molecule has 1 aromatic heterocycles. The zero-order valence-corrected chi connectivity index (χ0v) is 13.3. The minimum atomic E-state index is -3.55. The zero-order valence-electron chi connectivity index (χ0n) is 12.5. The fourth-order valence-corrected chi connectivity index (χ4v) is 3.82. The van der Waals surface area contributed by atoms with Crippen molar-refractivity contribution >= 4 is 15.8 Å². The van der Waals surface area contributed by atoms with E-state index in [9.17, 15) is 8.42 Å². The van der Waals surface area contributed by atoms with Crippen LogP contribution in [0.4, 0.5) is 5.82 Å². The van der Waals surface area contributed by atoms with Gasteiger partial charge in [-0.15, -0.1) is 0 Å². The van der Waals surface area contributed by atoms with E-state index in [1.807, 2.05) is 14.1 Å². The monoisotopic (exact) mass is 313 g/mol. The summed E-state index contributed by atoms with van der Waals surface area (Å²) in [7, 11) is 0.454. The number of aromatic nitrogens is 1. The average Bonchev–Trinajstić information content (AvgIpc) is 2.96. The van der Waals surface area contributed by atoms with E-state index in [2.05, 4.69) is 20.0 Å². The zero-order chi connectivity index (χ0) is 15.5. The van der Waals surface area contributed by atoms with Crippen molar-refractivity contribution in [3.8, 4) is 0 Å². The summed E-state index contributed by atoms with van der Waals surface area (Å²) >= 11 is 0.